The van der Waals surface area contributed by atoms with Gasteiger partial charge in [-0.2, -0.15) is 14.4 Å². The summed E-state index contributed by atoms with van der Waals surface area (Å²) in [7, 11) is -2.72. The second-order valence-electron chi connectivity index (χ2n) is 12.0. The Morgan fingerprint density at radius 1 is 1.12 bits per heavy atom. The predicted molar refractivity (Wildman–Crippen MR) is 166 cm³/mol. The van der Waals surface area contributed by atoms with E-state index in [1.165, 1.54) is 77.0 Å². The largest absolute Gasteiger partial charge is 0.465 e. The molecule has 244 valence electrons. The quantitative estimate of drug-likeness (QED) is 0.0605. The number of nitrogens with one attached hydrogen (secondary N) is 1. The van der Waals surface area contributed by atoms with Crippen LogP contribution in [0.25, 0.3) is 11.2 Å². The number of nitrogens with zero attached hydrogens (tertiary/aromatic N) is 4. The van der Waals surface area contributed by atoms with Crippen molar-refractivity contribution >= 4 is 31.1 Å². The number of fused-ring (bicyclic) bond motifs is 1. The number of imidazole rings is 1. The minimum atomic E-state index is -2.72. The minimum absolute atomic E-state index is 0.0396. The molecule has 0 amide bonds. The molecule has 1 fully saturated rings. The maximum Gasteiger partial charge on any atom is 0.323 e. The van der Waals surface area contributed by atoms with Crippen LogP contribution in [0, 0.1) is 6.08 Å². The first-order valence-electron chi connectivity index (χ1n) is 16.2. The fourth-order valence-corrected chi connectivity index (χ4v) is 6.38. The number of nitrogen functional groups attached to an aromatic ring is 1. The second-order valence-corrected chi connectivity index (χ2v) is 13.1. The smallest absolute Gasteiger partial charge is 0.323 e. The summed E-state index contributed by atoms with van der Waals surface area (Å²) in [5.74, 6) is -0.484. The van der Waals surface area contributed by atoms with E-state index in [1.807, 2.05) is 6.92 Å². The SMILES string of the molecule is CCCCCCCCCCCCCCCCOC(=O)[C@H](C)N[PH](=O)OC[C@]1(C)CC[C@H](n2cnc3c(N)nc(F)nc32)O1. The summed E-state index contributed by atoms with van der Waals surface area (Å²) in [6, 6.07) is -0.750. The molecule has 3 rings (SSSR count). The molecule has 13 heteroatoms. The number of hydrogen-bond acceptors (Lipinski definition) is 9. The van der Waals surface area contributed by atoms with Crippen LogP contribution in [0.15, 0.2) is 6.33 Å². The van der Waals surface area contributed by atoms with Crippen molar-refractivity contribution in [3.8, 4) is 0 Å². The number of esters is 1. The number of unbranched alkanes of at least 4 members (excludes halogenated alkanes) is 13. The third kappa shape index (κ3) is 12.0. The Kier molecular flexibility index (Phi) is 15.3. The van der Waals surface area contributed by atoms with Gasteiger partial charge in [-0.3, -0.25) is 13.9 Å². The van der Waals surface area contributed by atoms with Gasteiger partial charge in [0.25, 0.3) is 8.18 Å². The topological polar surface area (TPSA) is 143 Å². The Morgan fingerprint density at radius 2 is 1.72 bits per heavy atom. The standard InChI is InChI=1S/C30H52FN6O5P/c1-4-5-6-7-8-9-10-11-12-13-14-15-16-17-20-40-28(38)23(2)36-43(39)41-21-30(3)19-18-24(42-30)37-22-33-25-26(32)34-29(31)35-27(25)37/h22-24,43H,4-21H2,1-3H3,(H,36,39)(H2,32,34,35)/t23-,24+,30-/m0/s1. The van der Waals surface area contributed by atoms with Crippen molar-refractivity contribution in [2.45, 2.75) is 141 Å². The molecule has 1 aliphatic rings. The lowest BCUT2D eigenvalue weighted by Gasteiger charge is -2.25. The number of aromatic nitrogens is 4. The van der Waals surface area contributed by atoms with E-state index in [-0.39, 0.29) is 18.1 Å². The Morgan fingerprint density at radius 3 is 2.35 bits per heavy atom. The molecule has 4 atom stereocenters. The van der Waals surface area contributed by atoms with Gasteiger partial charge in [0.2, 0.25) is 0 Å². The average molecular weight is 627 g/mol. The van der Waals surface area contributed by atoms with E-state index in [0.29, 0.717) is 25.0 Å². The van der Waals surface area contributed by atoms with Crippen molar-refractivity contribution in [2.24, 2.45) is 0 Å². The Labute approximate surface area is 256 Å². The molecule has 0 spiro atoms. The van der Waals surface area contributed by atoms with Crippen LogP contribution >= 0.6 is 8.18 Å². The van der Waals surface area contributed by atoms with E-state index in [1.54, 1.807) is 11.5 Å². The zero-order valence-corrected chi connectivity index (χ0v) is 27.2. The molecule has 2 aromatic heterocycles. The van der Waals surface area contributed by atoms with Gasteiger partial charge >= 0.3 is 12.0 Å². The van der Waals surface area contributed by atoms with Gasteiger partial charge in [0, 0.05) is 0 Å². The van der Waals surface area contributed by atoms with Gasteiger partial charge in [0.1, 0.15) is 12.3 Å². The van der Waals surface area contributed by atoms with Gasteiger partial charge in [-0.05, 0) is 33.1 Å². The molecule has 0 aromatic carbocycles. The summed E-state index contributed by atoms with van der Waals surface area (Å²) in [5.41, 5.74) is 5.56. The second kappa shape index (κ2) is 18.6. The monoisotopic (exact) mass is 626 g/mol. The molecule has 1 unspecified atom stereocenters. The Hall–Kier alpha value is -2.14. The number of rotatable bonds is 22. The van der Waals surface area contributed by atoms with Crippen LogP contribution in [-0.4, -0.2) is 50.3 Å². The van der Waals surface area contributed by atoms with Crippen molar-refractivity contribution in [1.82, 2.24) is 24.6 Å². The van der Waals surface area contributed by atoms with Crippen LogP contribution < -0.4 is 10.8 Å². The van der Waals surface area contributed by atoms with Crippen LogP contribution in [0.4, 0.5) is 10.2 Å². The molecular formula is C30H52FN6O5P. The maximum atomic E-state index is 13.7. The highest BCUT2D eigenvalue weighted by Crippen LogP contribution is 2.39. The van der Waals surface area contributed by atoms with Crippen molar-refractivity contribution < 1.29 is 27.7 Å². The summed E-state index contributed by atoms with van der Waals surface area (Å²) in [6.07, 6.45) is 19.0. The highest BCUT2D eigenvalue weighted by atomic mass is 31.1. The number of carbonyl (C=O) groups excluding carboxylic acids is 1. The molecule has 0 aliphatic carbocycles. The van der Waals surface area contributed by atoms with E-state index in [4.69, 9.17) is 19.7 Å². The summed E-state index contributed by atoms with van der Waals surface area (Å²) in [5, 5.41) is 2.70. The van der Waals surface area contributed by atoms with Gasteiger partial charge in [0.05, 0.1) is 25.1 Å². The van der Waals surface area contributed by atoms with Crippen LogP contribution in [0.2, 0.25) is 0 Å². The third-order valence-corrected chi connectivity index (χ3v) is 9.09. The number of hydrogen-bond donors (Lipinski definition) is 2. The van der Waals surface area contributed by atoms with Gasteiger partial charge < -0.3 is 19.7 Å². The van der Waals surface area contributed by atoms with Crippen molar-refractivity contribution in [1.29, 1.82) is 0 Å². The Balaban J connectivity index is 1.22. The molecule has 43 heavy (non-hydrogen) atoms. The first-order valence-corrected chi connectivity index (χ1v) is 17.5. The zero-order valence-electron chi connectivity index (χ0n) is 26.2. The van der Waals surface area contributed by atoms with Crippen molar-refractivity contribution in [3.05, 3.63) is 12.4 Å². The van der Waals surface area contributed by atoms with Crippen LogP contribution in [0.3, 0.4) is 0 Å². The van der Waals surface area contributed by atoms with Crippen molar-refractivity contribution in [2.75, 3.05) is 18.9 Å². The molecule has 0 radical (unpaired) electrons. The molecule has 3 N–H and O–H groups in total. The lowest BCUT2D eigenvalue weighted by atomic mass is 10.0. The zero-order chi connectivity index (χ0) is 31.1. The van der Waals surface area contributed by atoms with Gasteiger partial charge in [-0.1, -0.05) is 90.4 Å². The van der Waals surface area contributed by atoms with E-state index in [9.17, 15) is 13.8 Å². The summed E-state index contributed by atoms with van der Waals surface area (Å²) < 4.78 is 44.9. The van der Waals surface area contributed by atoms with Crippen LogP contribution in [0.1, 0.15) is 130 Å². The first kappa shape index (κ1) is 35.3. The molecule has 1 saturated heterocycles. The lowest BCUT2D eigenvalue weighted by Crippen LogP contribution is -2.33. The fraction of sp³-hybridized carbons (Fsp3) is 0.800. The molecule has 0 bridgehead atoms. The van der Waals surface area contributed by atoms with E-state index in [0.717, 1.165) is 19.3 Å². The number of nitrogens with two attached hydrogens (primary N) is 1. The summed E-state index contributed by atoms with van der Waals surface area (Å²) in [6.45, 7) is 6.13. The molecule has 11 nitrogen and oxygen atoms in total. The Bertz CT molecular complexity index is 1150. The number of ether oxygens (including phenoxy) is 2. The van der Waals surface area contributed by atoms with Gasteiger partial charge in [-0.15, -0.1) is 0 Å². The van der Waals surface area contributed by atoms with E-state index < -0.39 is 38.1 Å². The van der Waals surface area contributed by atoms with Gasteiger partial charge in [-0.25, -0.2) is 10.1 Å². The minimum Gasteiger partial charge on any atom is -0.465 e. The third-order valence-electron chi connectivity index (χ3n) is 8.01. The van der Waals surface area contributed by atoms with Crippen LogP contribution in [0.5, 0.6) is 0 Å². The summed E-state index contributed by atoms with van der Waals surface area (Å²) >= 11 is 0. The normalized spacial score (nSPS) is 20.0. The molecule has 2 aromatic rings. The molecule has 1 aliphatic heterocycles. The van der Waals surface area contributed by atoms with E-state index in [2.05, 4.69) is 27.0 Å². The summed E-state index contributed by atoms with van der Waals surface area (Å²) in [4.78, 5) is 23.8. The molecule has 3 heterocycles. The number of halogens is 1. The van der Waals surface area contributed by atoms with Crippen molar-refractivity contribution in [3.63, 3.8) is 0 Å². The highest BCUT2D eigenvalue weighted by Gasteiger charge is 2.38. The van der Waals surface area contributed by atoms with Crippen LogP contribution in [-0.2, 0) is 23.4 Å². The number of carbonyl (C=O) groups is 1. The first-order chi connectivity index (χ1) is 20.7. The predicted octanol–water partition coefficient (Wildman–Crippen LogP) is 7.02. The fourth-order valence-electron chi connectivity index (χ4n) is 5.39. The highest BCUT2D eigenvalue weighted by molar-refractivity contribution is 7.36. The lowest BCUT2D eigenvalue weighted by molar-refractivity contribution is -0.145. The van der Waals surface area contributed by atoms with E-state index >= 15 is 0 Å². The average Bonchev–Trinajstić information content (AvgIpc) is 3.58. The van der Waals surface area contributed by atoms with Gasteiger partial charge in [0.15, 0.2) is 17.0 Å². The number of anilines is 1. The maximum absolute atomic E-state index is 13.7. The molecule has 0 saturated carbocycles. The molecular weight excluding hydrogens is 574 g/mol.